The van der Waals surface area contributed by atoms with Crippen molar-refractivity contribution in [1.82, 2.24) is 20.0 Å². The van der Waals surface area contributed by atoms with Crippen LogP contribution >= 0.6 is 0 Å². The van der Waals surface area contributed by atoms with Crippen LogP contribution in [0.5, 0.6) is 0 Å². The Balaban J connectivity index is 1.27. The van der Waals surface area contributed by atoms with Crippen LogP contribution in [-0.2, 0) is 6.54 Å². The number of aryl methyl sites for hydroxylation is 1. The first-order chi connectivity index (χ1) is 15.6. The lowest BCUT2D eigenvalue weighted by Crippen LogP contribution is -2.46. The Hall–Kier alpha value is -3.85. The molecule has 1 fully saturated rings. The molecular weight excluding hydrogens is 408 g/mol. The molecule has 9 heteroatoms. The summed E-state index contributed by atoms with van der Waals surface area (Å²) in [7, 11) is 0. The van der Waals surface area contributed by atoms with E-state index in [0.29, 0.717) is 23.6 Å². The van der Waals surface area contributed by atoms with Crippen molar-refractivity contribution in [3.63, 3.8) is 0 Å². The summed E-state index contributed by atoms with van der Waals surface area (Å²) in [5.74, 6) is 1.20. The molecule has 0 unspecified atom stereocenters. The molecule has 2 aromatic heterocycles. The standard InChI is InChI=1S/C23H22N6O3/c1-16-2-4-17(5-3-16)23-25-22(32-26-23)15-27-10-12-28(13-11-27)20-6-7-21(29(30)31)19-14-24-9-8-18(19)20/h2-9,14H,10-13,15H2,1H3. The smallest absolute Gasteiger partial charge is 0.278 e. The van der Waals surface area contributed by atoms with E-state index in [9.17, 15) is 10.1 Å². The Labute approximate surface area is 184 Å². The number of aromatic nitrogens is 3. The molecule has 0 spiro atoms. The van der Waals surface area contributed by atoms with Gasteiger partial charge in [0.1, 0.15) is 0 Å². The predicted molar refractivity (Wildman–Crippen MR) is 120 cm³/mol. The minimum Gasteiger partial charge on any atom is -0.368 e. The highest BCUT2D eigenvalue weighted by molar-refractivity contribution is 5.99. The number of nitro benzene ring substituents is 1. The van der Waals surface area contributed by atoms with E-state index < -0.39 is 0 Å². The van der Waals surface area contributed by atoms with Crippen molar-refractivity contribution in [2.45, 2.75) is 13.5 Å². The SMILES string of the molecule is Cc1ccc(-c2noc(CN3CCN(c4ccc([N+](=O)[O-])c5cnccc45)CC3)n2)cc1. The number of nitrogens with zero attached hydrogens (tertiary/aromatic N) is 6. The molecular formula is C23H22N6O3. The Kier molecular flexibility index (Phi) is 5.24. The molecule has 4 aromatic rings. The highest BCUT2D eigenvalue weighted by atomic mass is 16.6. The van der Waals surface area contributed by atoms with Gasteiger partial charge in [0, 0.05) is 61.3 Å². The maximum Gasteiger partial charge on any atom is 0.278 e. The van der Waals surface area contributed by atoms with E-state index >= 15 is 0 Å². The van der Waals surface area contributed by atoms with E-state index in [1.54, 1.807) is 18.5 Å². The van der Waals surface area contributed by atoms with E-state index in [2.05, 4.69) is 24.9 Å². The van der Waals surface area contributed by atoms with Gasteiger partial charge in [-0.25, -0.2) is 0 Å². The van der Waals surface area contributed by atoms with Gasteiger partial charge in [-0.1, -0.05) is 35.0 Å². The minimum atomic E-state index is -0.360. The fourth-order valence-electron chi connectivity index (χ4n) is 4.07. The highest BCUT2D eigenvalue weighted by Crippen LogP contribution is 2.33. The molecule has 2 aromatic carbocycles. The summed E-state index contributed by atoms with van der Waals surface area (Å²) >= 11 is 0. The number of rotatable bonds is 5. The van der Waals surface area contributed by atoms with E-state index in [1.807, 2.05) is 43.3 Å². The summed E-state index contributed by atoms with van der Waals surface area (Å²) in [6.45, 7) is 5.89. The fourth-order valence-corrected chi connectivity index (χ4v) is 4.07. The molecule has 1 saturated heterocycles. The molecule has 0 saturated carbocycles. The van der Waals surface area contributed by atoms with E-state index in [4.69, 9.17) is 4.52 Å². The Morgan fingerprint density at radius 2 is 1.81 bits per heavy atom. The van der Waals surface area contributed by atoms with Crippen LogP contribution in [0.25, 0.3) is 22.2 Å². The molecule has 0 N–H and O–H groups in total. The maximum atomic E-state index is 11.4. The van der Waals surface area contributed by atoms with Crippen molar-refractivity contribution < 1.29 is 9.45 Å². The van der Waals surface area contributed by atoms with E-state index in [0.717, 1.165) is 42.8 Å². The monoisotopic (exact) mass is 430 g/mol. The quantitative estimate of drug-likeness (QED) is 0.348. The number of hydrogen-bond acceptors (Lipinski definition) is 8. The molecule has 0 aliphatic carbocycles. The van der Waals surface area contributed by atoms with Gasteiger partial charge in [0.05, 0.1) is 16.9 Å². The van der Waals surface area contributed by atoms with Crippen molar-refractivity contribution in [1.29, 1.82) is 0 Å². The number of piperazine rings is 1. The molecule has 32 heavy (non-hydrogen) atoms. The van der Waals surface area contributed by atoms with Crippen LogP contribution in [0.4, 0.5) is 11.4 Å². The van der Waals surface area contributed by atoms with Crippen molar-refractivity contribution >= 4 is 22.1 Å². The molecule has 1 aliphatic rings. The molecule has 5 rings (SSSR count). The average molecular weight is 430 g/mol. The lowest BCUT2D eigenvalue weighted by molar-refractivity contribution is -0.383. The van der Waals surface area contributed by atoms with Crippen LogP contribution in [-0.4, -0.2) is 51.1 Å². The Bertz CT molecular complexity index is 1260. The van der Waals surface area contributed by atoms with E-state index in [1.165, 1.54) is 5.56 Å². The first-order valence-electron chi connectivity index (χ1n) is 10.5. The molecule has 0 radical (unpaired) electrons. The zero-order chi connectivity index (χ0) is 22.1. The highest BCUT2D eigenvalue weighted by Gasteiger charge is 2.23. The van der Waals surface area contributed by atoms with Gasteiger partial charge in [0.15, 0.2) is 0 Å². The summed E-state index contributed by atoms with van der Waals surface area (Å²) < 4.78 is 5.47. The molecule has 0 amide bonds. The van der Waals surface area contributed by atoms with Gasteiger partial charge in [-0.05, 0) is 19.1 Å². The Morgan fingerprint density at radius 3 is 2.56 bits per heavy atom. The van der Waals surface area contributed by atoms with Crippen LogP contribution in [0, 0.1) is 17.0 Å². The number of pyridine rings is 1. The van der Waals surface area contributed by atoms with Crippen molar-refractivity contribution in [2.75, 3.05) is 31.1 Å². The average Bonchev–Trinajstić information content (AvgIpc) is 3.28. The topological polar surface area (TPSA) is 101 Å². The minimum absolute atomic E-state index is 0.0799. The third-order valence-corrected chi connectivity index (χ3v) is 5.82. The zero-order valence-corrected chi connectivity index (χ0v) is 17.6. The van der Waals surface area contributed by atoms with Gasteiger partial charge in [-0.2, -0.15) is 4.98 Å². The number of anilines is 1. The number of nitro groups is 1. The van der Waals surface area contributed by atoms with Crippen LogP contribution in [0.15, 0.2) is 59.4 Å². The van der Waals surface area contributed by atoms with Crippen molar-refractivity contribution in [3.8, 4) is 11.4 Å². The van der Waals surface area contributed by atoms with Crippen LogP contribution < -0.4 is 4.90 Å². The van der Waals surface area contributed by atoms with Gasteiger partial charge in [0.2, 0.25) is 11.7 Å². The predicted octanol–water partition coefficient (Wildman–Crippen LogP) is 3.82. The second-order valence-electron chi connectivity index (χ2n) is 7.92. The summed E-state index contributed by atoms with van der Waals surface area (Å²) in [6, 6.07) is 13.3. The molecule has 0 atom stereocenters. The number of hydrogen-bond donors (Lipinski definition) is 0. The number of non-ortho nitro benzene ring substituents is 1. The number of benzene rings is 2. The van der Waals surface area contributed by atoms with Crippen LogP contribution in [0.1, 0.15) is 11.5 Å². The fraction of sp³-hybridized carbons (Fsp3) is 0.261. The largest absolute Gasteiger partial charge is 0.368 e. The third kappa shape index (κ3) is 3.90. The first-order valence-corrected chi connectivity index (χ1v) is 10.5. The van der Waals surface area contributed by atoms with Crippen LogP contribution in [0.3, 0.4) is 0 Å². The molecule has 1 aliphatic heterocycles. The summed E-state index contributed by atoms with van der Waals surface area (Å²) in [4.78, 5) is 24.2. The zero-order valence-electron chi connectivity index (χ0n) is 17.6. The normalized spacial score (nSPS) is 14.7. The third-order valence-electron chi connectivity index (χ3n) is 5.82. The van der Waals surface area contributed by atoms with Crippen molar-refractivity contribution in [2.24, 2.45) is 0 Å². The molecule has 3 heterocycles. The van der Waals surface area contributed by atoms with Gasteiger partial charge in [0.25, 0.3) is 5.69 Å². The lowest BCUT2D eigenvalue weighted by Gasteiger charge is -2.35. The van der Waals surface area contributed by atoms with Gasteiger partial charge in [-0.15, -0.1) is 0 Å². The van der Waals surface area contributed by atoms with Gasteiger partial charge >= 0.3 is 0 Å². The first kappa shape index (κ1) is 20.1. The Morgan fingerprint density at radius 1 is 1.03 bits per heavy atom. The van der Waals surface area contributed by atoms with Gasteiger partial charge in [-0.3, -0.25) is 20.0 Å². The molecule has 0 bridgehead atoms. The van der Waals surface area contributed by atoms with E-state index in [-0.39, 0.29) is 10.6 Å². The van der Waals surface area contributed by atoms with Gasteiger partial charge < -0.3 is 9.42 Å². The molecule has 9 nitrogen and oxygen atoms in total. The number of fused-ring (bicyclic) bond motifs is 1. The molecule has 162 valence electrons. The lowest BCUT2D eigenvalue weighted by atomic mass is 10.1. The summed E-state index contributed by atoms with van der Waals surface area (Å²) in [5.41, 5.74) is 3.20. The van der Waals surface area contributed by atoms with Crippen LogP contribution in [0.2, 0.25) is 0 Å². The summed E-state index contributed by atoms with van der Waals surface area (Å²) in [6.07, 6.45) is 3.24. The maximum absolute atomic E-state index is 11.4. The summed E-state index contributed by atoms with van der Waals surface area (Å²) in [5, 5.41) is 16.9. The van der Waals surface area contributed by atoms with Crippen molar-refractivity contribution in [3.05, 3.63) is 76.4 Å². The second kappa shape index (κ2) is 8.35. The second-order valence-corrected chi connectivity index (χ2v) is 7.92.